The average molecular weight is 357 g/mol. The van der Waals surface area contributed by atoms with Gasteiger partial charge in [0.05, 0.1) is 13.2 Å². The van der Waals surface area contributed by atoms with E-state index in [4.69, 9.17) is 9.26 Å². The van der Waals surface area contributed by atoms with E-state index in [1.807, 2.05) is 0 Å². The van der Waals surface area contributed by atoms with Crippen LogP contribution >= 0.6 is 0 Å². The van der Waals surface area contributed by atoms with Gasteiger partial charge in [0.25, 0.3) is 5.92 Å². The molecule has 25 heavy (non-hydrogen) atoms. The fourth-order valence-corrected chi connectivity index (χ4v) is 3.38. The number of imide groups is 1. The number of nitrogens with zero attached hydrogens (tertiary/aromatic N) is 3. The molecule has 1 saturated heterocycles. The van der Waals surface area contributed by atoms with E-state index in [9.17, 15) is 18.4 Å². The lowest BCUT2D eigenvalue weighted by Crippen LogP contribution is -2.54. The molecule has 1 aliphatic carbocycles. The molecule has 3 amide bonds. The monoisotopic (exact) mass is 357 g/mol. The zero-order valence-corrected chi connectivity index (χ0v) is 14.0. The molecule has 2 heterocycles. The van der Waals surface area contributed by atoms with Gasteiger partial charge in [0.2, 0.25) is 5.91 Å². The number of ether oxygens (including phenoxy) is 1. The summed E-state index contributed by atoms with van der Waals surface area (Å²) in [5.41, 5.74) is 1.25. The maximum Gasteiger partial charge on any atom is 0.327 e. The molecule has 0 spiro atoms. The van der Waals surface area contributed by atoms with Gasteiger partial charge in [-0.1, -0.05) is 5.16 Å². The molecule has 7 nitrogen and oxygen atoms in total. The Morgan fingerprint density at radius 3 is 2.92 bits per heavy atom. The molecule has 3 rings (SSSR count). The number of carbonyl (C=O) groups excluding carboxylic acids is 2. The Morgan fingerprint density at radius 2 is 2.24 bits per heavy atom. The molecule has 2 aliphatic rings. The minimum atomic E-state index is -2.82. The molecule has 1 atom stereocenters. The van der Waals surface area contributed by atoms with Crippen LogP contribution in [0.1, 0.15) is 36.9 Å². The average Bonchev–Trinajstić information content (AvgIpc) is 3.13. The number of aromatic nitrogens is 1. The normalized spacial score (nSPS) is 23.6. The van der Waals surface area contributed by atoms with Crippen molar-refractivity contribution in [3.05, 3.63) is 17.5 Å². The summed E-state index contributed by atoms with van der Waals surface area (Å²) in [7, 11) is 1.52. The van der Waals surface area contributed by atoms with Gasteiger partial charge in [-0.25, -0.2) is 13.6 Å². The Bertz CT molecular complexity index is 649. The predicted octanol–water partition coefficient (Wildman–Crippen LogP) is 2.41. The molecule has 0 radical (unpaired) electrons. The number of amides is 3. The molecule has 0 N–H and O–H groups in total. The lowest BCUT2D eigenvalue weighted by Gasteiger charge is -2.36. The summed E-state index contributed by atoms with van der Waals surface area (Å²) >= 11 is 0. The lowest BCUT2D eigenvalue weighted by atomic mass is 10.0. The summed E-state index contributed by atoms with van der Waals surface area (Å²) in [5.74, 6) is -4.17. The van der Waals surface area contributed by atoms with Gasteiger partial charge in [0, 0.05) is 44.5 Å². The molecule has 9 heteroatoms. The SMILES string of the molecule is COCc1nocc1CN1CCC(=O)N(CC2CCCC2(F)F)C1=O. The van der Waals surface area contributed by atoms with E-state index in [2.05, 4.69) is 5.16 Å². The zero-order valence-electron chi connectivity index (χ0n) is 14.0. The van der Waals surface area contributed by atoms with Crippen LogP contribution in [0.15, 0.2) is 10.8 Å². The van der Waals surface area contributed by atoms with Gasteiger partial charge in [-0.2, -0.15) is 0 Å². The molecule has 0 aromatic carbocycles. The van der Waals surface area contributed by atoms with Crippen molar-refractivity contribution in [3.63, 3.8) is 0 Å². The van der Waals surface area contributed by atoms with E-state index in [1.165, 1.54) is 18.3 Å². The van der Waals surface area contributed by atoms with Crippen LogP contribution in [0.3, 0.4) is 0 Å². The first-order chi connectivity index (χ1) is 11.9. The van der Waals surface area contributed by atoms with Gasteiger partial charge in [-0.3, -0.25) is 9.69 Å². The highest BCUT2D eigenvalue weighted by Gasteiger charge is 2.46. The minimum absolute atomic E-state index is 0.120. The van der Waals surface area contributed by atoms with E-state index in [-0.39, 0.29) is 39.1 Å². The second kappa shape index (κ2) is 7.07. The van der Waals surface area contributed by atoms with Gasteiger partial charge in [0.1, 0.15) is 12.0 Å². The van der Waals surface area contributed by atoms with Crippen molar-refractivity contribution in [2.45, 2.75) is 44.8 Å². The fourth-order valence-electron chi connectivity index (χ4n) is 3.38. The number of hydrogen-bond donors (Lipinski definition) is 0. The first-order valence-electron chi connectivity index (χ1n) is 8.30. The Morgan fingerprint density at radius 1 is 1.44 bits per heavy atom. The topological polar surface area (TPSA) is 75.9 Å². The number of alkyl halides is 2. The van der Waals surface area contributed by atoms with E-state index < -0.39 is 23.8 Å². The third-order valence-corrected chi connectivity index (χ3v) is 4.83. The van der Waals surface area contributed by atoms with E-state index >= 15 is 0 Å². The van der Waals surface area contributed by atoms with Crippen molar-refractivity contribution in [1.82, 2.24) is 15.0 Å². The van der Waals surface area contributed by atoms with E-state index in [1.54, 1.807) is 0 Å². The standard InChI is InChI=1S/C16H21F2N3O4/c1-24-10-13-11(9-25-19-13)7-20-6-4-14(22)21(15(20)23)8-12-3-2-5-16(12,17)18/h9,12H,2-8,10H2,1H3. The molecule has 0 bridgehead atoms. The third-order valence-electron chi connectivity index (χ3n) is 4.83. The van der Waals surface area contributed by atoms with Crippen LogP contribution in [-0.2, 0) is 22.7 Å². The maximum atomic E-state index is 13.9. The summed E-state index contributed by atoms with van der Waals surface area (Å²) in [6, 6.07) is -0.538. The van der Waals surface area contributed by atoms with Crippen LogP contribution in [0.5, 0.6) is 0 Å². The van der Waals surface area contributed by atoms with Crippen LogP contribution in [-0.4, -0.2) is 53.0 Å². The minimum Gasteiger partial charge on any atom is -0.378 e. The smallest absolute Gasteiger partial charge is 0.327 e. The van der Waals surface area contributed by atoms with Crippen LogP contribution in [0.2, 0.25) is 0 Å². The molecule has 1 saturated carbocycles. The van der Waals surface area contributed by atoms with Crippen molar-refractivity contribution < 1.29 is 27.6 Å². The van der Waals surface area contributed by atoms with Crippen molar-refractivity contribution in [2.75, 3.05) is 20.2 Å². The Hall–Kier alpha value is -2.03. The molecule has 1 aliphatic heterocycles. The number of carbonyl (C=O) groups is 2. The lowest BCUT2D eigenvalue weighted by molar-refractivity contribution is -0.133. The van der Waals surface area contributed by atoms with Crippen molar-refractivity contribution in [1.29, 1.82) is 0 Å². The third kappa shape index (κ3) is 3.65. The number of methoxy groups -OCH3 is 1. The summed E-state index contributed by atoms with van der Waals surface area (Å²) < 4.78 is 37.7. The molecule has 1 unspecified atom stereocenters. The maximum absolute atomic E-state index is 13.9. The van der Waals surface area contributed by atoms with Gasteiger partial charge in [-0.15, -0.1) is 0 Å². The first-order valence-corrected chi connectivity index (χ1v) is 8.30. The zero-order chi connectivity index (χ0) is 18.0. The summed E-state index contributed by atoms with van der Waals surface area (Å²) in [6.45, 7) is 0.458. The Balaban J connectivity index is 1.69. The van der Waals surface area contributed by atoms with Crippen LogP contribution in [0, 0.1) is 5.92 Å². The van der Waals surface area contributed by atoms with E-state index in [0.29, 0.717) is 24.1 Å². The summed E-state index contributed by atoms with van der Waals surface area (Å²) in [6.07, 6.45) is 2.10. The van der Waals surface area contributed by atoms with Crippen LogP contribution < -0.4 is 0 Å². The summed E-state index contributed by atoms with van der Waals surface area (Å²) in [4.78, 5) is 27.2. The molecule has 2 fully saturated rings. The number of hydrogen-bond acceptors (Lipinski definition) is 5. The highest BCUT2D eigenvalue weighted by Crippen LogP contribution is 2.41. The molecule has 1 aromatic heterocycles. The molecule has 1 aromatic rings. The van der Waals surface area contributed by atoms with Gasteiger partial charge in [0.15, 0.2) is 0 Å². The fraction of sp³-hybridized carbons (Fsp3) is 0.688. The number of halogens is 2. The van der Waals surface area contributed by atoms with Crippen molar-refractivity contribution in [3.8, 4) is 0 Å². The second-order valence-electron chi connectivity index (χ2n) is 6.53. The quantitative estimate of drug-likeness (QED) is 0.781. The van der Waals surface area contributed by atoms with Gasteiger partial charge in [-0.05, 0) is 12.8 Å². The Labute approximate surface area is 143 Å². The second-order valence-corrected chi connectivity index (χ2v) is 6.53. The number of rotatable bonds is 6. The summed E-state index contributed by atoms with van der Waals surface area (Å²) in [5, 5.41) is 3.81. The largest absolute Gasteiger partial charge is 0.378 e. The number of urea groups is 1. The highest BCUT2D eigenvalue weighted by atomic mass is 19.3. The van der Waals surface area contributed by atoms with Gasteiger partial charge < -0.3 is 14.2 Å². The van der Waals surface area contributed by atoms with E-state index in [0.717, 1.165) is 4.90 Å². The van der Waals surface area contributed by atoms with Crippen molar-refractivity contribution >= 4 is 11.9 Å². The predicted molar refractivity (Wildman–Crippen MR) is 81.6 cm³/mol. The first kappa shape index (κ1) is 17.8. The Kier molecular flexibility index (Phi) is 5.03. The molecular formula is C16H21F2N3O4. The van der Waals surface area contributed by atoms with Crippen molar-refractivity contribution in [2.24, 2.45) is 5.92 Å². The van der Waals surface area contributed by atoms with Crippen LogP contribution in [0.4, 0.5) is 13.6 Å². The molecular weight excluding hydrogens is 336 g/mol. The highest BCUT2D eigenvalue weighted by molar-refractivity contribution is 5.96. The molecule has 138 valence electrons. The van der Waals surface area contributed by atoms with Crippen LogP contribution in [0.25, 0.3) is 0 Å². The van der Waals surface area contributed by atoms with Gasteiger partial charge >= 0.3 is 6.03 Å².